The molecule has 1 aromatic heterocycles. The molecule has 0 radical (unpaired) electrons. The van der Waals surface area contributed by atoms with Gasteiger partial charge in [-0.3, -0.25) is 14.2 Å². The van der Waals surface area contributed by atoms with Crippen molar-refractivity contribution < 1.29 is 4.79 Å². The largest absolute Gasteiger partial charge is 0.332 e. The van der Waals surface area contributed by atoms with Gasteiger partial charge in [0.25, 0.3) is 11.5 Å². The fraction of sp³-hybridized carbons (Fsp3) is 0.125. The van der Waals surface area contributed by atoms with Gasteiger partial charge in [0.15, 0.2) is 0 Å². The molecule has 3 aromatic carbocycles. The SMILES string of the molecule is CC(c1nc2ccccc2c(=O)n1-c1ccc(Br)cc1)N(C)C(=O)c1ccccc1Cl. The summed E-state index contributed by atoms with van der Waals surface area (Å²) in [5.41, 5.74) is 1.47. The van der Waals surface area contributed by atoms with Crippen LogP contribution in [-0.2, 0) is 0 Å². The van der Waals surface area contributed by atoms with Crippen molar-refractivity contribution in [3.63, 3.8) is 0 Å². The molecule has 1 atom stereocenters. The number of carbonyl (C=O) groups is 1. The predicted octanol–water partition coefficient (Wildman–Crippen LogP) is 5.63. The first-order chi connectivity index (χ1) is 14.9. The summed E-state index contributed by atoms with van der Waals surface area (Å²) < 4.78 is 2.47. The Morgan fingerprint density at radius 3 is 2.39 bits per heavy atom. The van der Waals surface area contributed by atoms with Gasteiger partial charge in [0.1, 0.15) is 5.82 Å². The van der Waals surface area contributed by atoms with Crippen molar-refractivity contribution in [3.05, 3.63) is 104 Å². The van der Waals surface area contributed by atoms with Crippen molar-refractivity contribution in [2.24, 2.45) is 0 Å². The second kappa shape index (κ2) is 8.65. The van der Waals surface area contributed by atoms with Gasteiger partial charge in [-0.25, -0.2) is 4.98 Å². The molecule has 4 rings (SSSR count). The molecule has 0 aliphatic heterocycles. The molecule has 5 nitrogen and oxygen atoms in total. The van der Waals surface area contributed by atoms with Gasteiger partial charge in [-0.1, -0.05) is 51.8 Å². The number of hydrogen-bond donors (Lipinski definition) is 0. The van der Waals surface area contributed by atoms with Crippen LogP contribution in [-0.4, -0.2) is 27.4 Å². The second-order valence-corrected chi connectivity index (χ2v) is 8.50. The van der Waals surface area contributed by atoms with Crippen molar-refractivity contribution in [3.8, 4) is 5.69 Å². The lowest BCUT2D eigenvalue weighted by molar-refractivity contribution is 0.0735. The lowest BCUT2D eigenvalue weighted by atomic mass is 10.1. The Morgan fingerprint density at radius 2 is 1.68 bits per heavy atom. The van der Waals surface area contributed by atoms with E-state index in [-0.39, 0.29) is 11.5 Å². The lowest BCUT2D eigenvalue weighted by Crippen LogP contribution is -2.35. The van der Waals surface area contributed by atoms with Crippen molar-refractivity contribution >= 4 is 44.3 Å². The van der Waals surface area contributed by atoms with Crippen LogP contribution in [0.1, 0.15) is 29.1 Å². The molecule has 1 amide bonds. The summed E-state index contributed by atoms with van der Waals surface area (Å²) in [4.78, 5) is 32.9. The molecule has 156 valence electrons. The molecule has 0 aliphatic rings. The van der Waals surface area contributed by atoms with Gasteiger partial charge in [-0.2, -0.15) is 0 Å². The van der Waals surface area contributed by atoms with E-state index in [4.69, 9.17) is 16.6 Å². The molecule has 0 spiro atoms. The predicted molar refractivity (Wildman–Crippen MR) is 127 cm³/mol. The third kappa shape index (κ3) is 4.01. The number of hydrogen-bond acceptors (Lipinski definition) is 3. The molecule has 7 heteroatoms. The number of carbonyl (C=O) groups excluding carboxylic acids is 1. The fourth-order valence-electron chi connectivity index (χ4n) is 3.44. The normalized spacial score (nSPS) is 12.0. The van der Waals surface area contributed by atoms with E-state index in [0.717, 1.165) is 4.47 Å². The van der Waals surface area contributed by atoms with Gasteiger partial charge in [0.2, 0.25) is 0 Å². The number of para-hydroxylation sites is 1. The minimum Gasteiger partial charge on any atom is -0.332 e. The zero-order chi connectivity index (χ0) is 22.1. The lowest BCUT2D eigenvalue weighted by Gasteiger charge is -2.27. The van der Waals surface area contributed by atoms with Gasteiger partial charge >= 0.3 is 0 Å². The van der Waals surface area contributed by atoms with Crippen LogP contribution in [0.25, 0.3) is 16.6 Å². The molecule has 4 aromatic rings. The van der Waals surface area contributed by atoms with E-state index in [1.54, 1.807) is 52.9 Å². The number of fused-ring (bicyclic) bond motifs is 1. The van der Waals surface area contributed by atoms with Gasteiger partial charge in [-0.05, 0) is 55.5 Å². The first-order valence-electron chi connectivity index (χ1n) is 9.68. The van der Waals surface area contributed by atoms with Crippen LogP contribution in [0.4, 0.5) is 0 Å². The number of nitrogens with zero attached hydrogens (tertiary/aromatic N) is 3. The highest BCUT2D eigenvalue weighted by atomic mass is 79.9. The van der Waals surface area contributed by atoms with Crippen molar-refractivity contribution in [1.82, 2.24) is 14.5 Å². The smallest absolute Gasteiger partial charge is 0.266 e. The number of halogens is 2. The summed E-state index contributed by atoms with van der Waals surface area (Å²) in [6.07, 6.45) is 0. The van der Waals surface area contributed by atoms with E-state index in [9.17, 15) is 9.59 Å². The summed E-state index contributed by atoms with van der Waals surface area (Å²) in [5, 5.41) is 0.893. The van der Waals surface area contributed by atoms with E-state index in [0.29, 0.717) is 33.0 Å². The Balaban J connectivity index is 1.88. The van der Waals surface area contributed by atoms with Crippen LogP contribution < -0.4 is 5.56 Å². The Labute approximate surface area is 193 Å². The number of amides is 1. The standard InChI is InChI=1S/C24H19BrClN3O2/c1-15(28(2)23(30)18-7-3-5-9-20(18)26)22-27-21-10-6-4-8-19(21)24(31)29(22)17-13-11-16(25)12-14-17/h3-15H,1-2H3. The zero-order valence-electron chi connectivity index (χ0n) is 16.9. The van der Waals surface area contributed by atoms with E-state index in [1.807, 2.05) is 43.3 Å². The number of aromatic nitrogens is 2. The molecule has 1 unspecified atom stereocenters. The third-order valence-electron chi connectivity index (χ3n) is 5.27. The summed E-state index contributed by atoms with van der Waals surface area (Å²) in [5.74, 6) is 0.219. The Kier molecular flexibility index (Phi) is 5.94. The van der Waals surface area contributed by atoms with E-state index in [1.165, 1.54) is 0 Å². The van der Waals surface area contributed by atoms with Crippen LogP contribution in [0.15, 0.2) is 82.1 Å². The van der Waals surface area contributed by atoms with Crippen LogP contribution in [0, 0.1) is 0 Å². The molecular formula is C24H19BrClN3O2. The van der Waals surface area contributed by atoms with E-state index >= 15 is 0 Å². The Hall–Kier alpha value is -2.96. The molecule has 31 heavy (non-hydrogen) atoms. The molecule has 0 aliphatic carbocycles. The van der Waals surface area contributed by atoms with Crippen LogP contribution in [0.3, 0.4) is 0 Å². The molecule has 0 bridgehead atoms. The Morgan fingerprint density at radius 1 is 1.03 bits per heavy atom. The van der Waals surface area contributed by atoms with Crippen LogP contribution >= 0.6 is 27.5 Å². The first-order valence-corrected chi connectivity index (χ1v) is 10.8. The van der Waals surface area contributed by atoms with E-state index in [2.05, 4.69) is 15.9 Å². The fourth-order valence-corrected chi connectivity index (χ4v) is 3.92. The monoisotopic (exact) mass is 495 g/mol. The maximum Gasteiger partial charge on any atom is 0.266 e. The molecular weight excluding hydrogens is 478 g/mol. The molecule has 0 fully saturated rings. The molecule has 0 N–H and O–H groups in total. The van der Waals surface area contributed by atoms with Gasteiger partial charge in [0, 0.05) is 11.5 Å². The second-order valence-electron chi connectivity index (χ2n) is 7.18. The third-order valence-corrected chi connectivity index (χ3v) is 6.12. The van der Waals surface area contributed by atoms with Crippen LogP contribution in [0.2, 0.25) is 5.02 Å². The maximum atomic E-state index is 13.4. The average molecular weight is 497 g/mol. The number of benzene rings is 3. The van der Waals surface area contributed by atoms with E-state index < -0.39 is 6.04 Å². The molecule has 0 saturated heterocycles. The topological polar surface area (TPSA) is 55.2 Å². The van der Waals surface area contributed by atoms with Crippen molar-refractivity contribution in [2.75, 3.05) is 7.05 Å². The number of rotatable bonds is 4. The molecule has 0 saturated carbocycles. The zero-order valence-corrected chi connectivity index (χ0v) is 19.3. The maximum absolute atomic E-state index is 13.4. The highest BCUT2D eigenvalue weighted by Crippen LogP contribution is 2.25. The minimum atomic E-state index is -0.496. The average Bonchev–Trinajstić information content (AvgIpc) is 2.79. The summed E-state index contributed by atoms with van der Waals surface area (Å²) >= 11 is 9.67. The molecule has 1 heterocycles. The summed E-state index contributed by atoms with van der Waals surface area (Å²) in [7, 11) is 1.68. The quantitative estimate of drug-likeness (QED) is 0.368. The summed E-state index contributed by atoms with van der Waals surface area (Å²) in [6.45, 7) is 1.85. The van der Waals surface area contributed by atoms with Crippen LogP contribution in [0.5, 0.6) is 0 Å². The Bertz CT molecular complexity index is 1330. The highest BCUT2D eigenvalue weighted by Gasteiger charge is 2.25. The van der Waals surface area contributed by atoms with Gasteiger partial charge in [0.05, 0.1) is 33.2 Å². The van der Waals surface area contributed by atoms with Crippen molar-refractivity contribution in [2.45, 2.75) is 13.0 Å². The summed E-state index contributed by atoms with van der Waals surface area (Å²) in [6, 6.07) is 21.0. The van der Waals surface area contributed by atoms with Gasteiger partial charge < -0.3 is 4.90 Å². The first kappa shape index (κ1) is 21.3. The minimum absolute atomic E-state index is 0.187. The highest BCUT2D eigenvalue weighted by molar-refractivity contribution is 9.10. The van der Waals surface area contributed by atoms with Crippen molar-refractivity contribution in [1.29, 1.82) is 0 Å². The van der Waals surface area contributed by atoms with Gasteiger partial charge in [-0.15, -0.1) is 0 Å².